The van der Waals surface area contributed by atoms with Crippen molar-refractivity contribution in [2.45, 2.75) is 39.0 Å². The van der Waals surface area contributed by atoms with Crippen LogP contribution < -0.4 is 0 Å². The number of nitrogens with one attached hydrogen (secondary N) is 1. The van der Waals surface area contributed by atoms with Crippen LogP contribution in [-0.4, -0.2) is 21.0 Å². The maximum absolute atomic E-state index is 10.3. The fraction of sp³-hybridized carbons (Fsp3) is 0.600. The smallest absolute Gasteiger partial charge is 0.303 e. The lowest BCUT2D eigenvalue weighted by Gasteiger charge is -1.98. The predicted molar refractivity (Wildman–Crippen MR) is 53.3 cm³/mol. The highest BCUT2D eigenvalue weighted by molar-refractivity contribution is 5.66. The van der Waals surface area contributed by atoms with E-state index < -0.39 is 5.97 Å². The van der Waals surface area contributed by atoms with E-state index in [4.69, 9.17) is 5.11 Å². The zero-order valence-electron chi connectivity index (χ0n) is 8.58. The molecule has 2 N–H and O–H groups in total. The first kappa shape index (κ1) is 10.8. The van der Waals surface area contributed by atoms with Gasteiger partial charge in [-0.15, -0.1) is 0 Å². The molecule has 0 fully saturated rings. The topological polar surface area (TPSA) is 66.0 Å². The number of hydrogen-bond acceptors (Lipinski definition) is 2. The van der Waals surface area contributed by atoms with E-state index in [2.05, 4.69) is 23.8 Å². The standard InChI is InChI=1S/C10H16N2O2/c1-7(2)8-6-11-9(12-8)4-3-5-10(13)14/h6-7H,3-5H2,1-2H3,(H,11,12)(H,13,14). The third-order valence-electron chi connectivity index (χ3n) is 2.07. The molecule has 0 bridgehead atoms. The molecule has 0 aromatic carbocycles. The number of carboxylic acid groups (broad SMARTS) is 1. The van der Waals surface area contributed by atoms with Crippen LogP contribution in [-0.2, 0) is 11.2 Å². The number of rotatable bonds is 5. The molecule has 0 saturated carbocycles. The normalized spacial score (nSPS) is 10.8. The first-order valence-corrected chi connectivity index (χ1v) is 4.85. The fourth-order valence-electron chi connectivity index (χ4n) is 1.21. The molecule has 1 heterocycles. The van der Waals surface area contributed by atoms with Crippen molar-refractivity contribution in [2.75, 3.05) is 0 Å². The molecule has 78 valence electrons. The summed E-state index contributed by atoms with van der Waals surface area (Å²) < 4.78 is 0. The summed E-state index contributed by atoms with van der Waals surface area (Å²) in [6.07, 6.45) is 3.37. The van der Waals surface area contributed by atoms with Crippen LogP contribution in [0.5, 0.6) is 0 Å². The van der Waals surface area contributed by atoms with Crippen molar-refractivity contribution >= 4 is 5.97 Å². The Kier molecular flexibility index (Phi) is 3.68. The summed E-state index contributed by atoms with van der Waals surface area (Å²) in [5.74, 6) is 0.575. The number of aliphatic carboxylic acids is 1. The first-order chi connectivity index (χ1) is 6.59. The van der Waals surface area contributed by atoms with E-state index in [9.17, 15) is 4.79 Å². The summed E-state index contributed by atoms with van der Waals surface area (Å²) in [7, 11) is 0. The Balaban J connectivity index is 2.40. The molecule has 1 rings (SSSR count). The lowest BCUT2D eigenvalue weighted by atomic mass is 10.2. The Morgan fingerprint density at radius 1 is 1.64 bits per heavy atom. The maximum Gasteiger partial charge on any atom is 0.303 e. The van der Waals surface area contributed by atoms with E-state index in [0.29, 0.717) is 18.8 Å². The Morgan fingerprint density at radius 2 is 2.36 bits per heavy atom. The molecule has 4 heteroatoms. The van der Waals surface area contributed by atoms with Gasteiger partial charge in [-0.2, -0.15) is 0 Å². The van der Waals surface area contributed by atoms with Gasteiger partial charge >= 0.3 is 5.97 Å². The van der Waals surface area contributed by atoms with Gasteiger partial charge in [-0.1, -0.05) is 13.8 Å². The maximum atomic E-state index is 10.3. The summed E-state index contributed by atoms with van der Waals surface area (Å²) in [5, 5.41) is 8.45. The molecular formula is C10H16N2O2. The van der Waals surface area contributed by atoms with Gasteiger partial charge in [0.2, 0.25) is 0 Å². The molecule has 4 nitrogen and oxygen atoms in total. The first-order valence-electron chi connectivity index (χ1n) is 4.85. The van der Waals surface area contributed by atoms with Crippen molar-refractivity contribution in [1.29, 1.82) is 0 Å². The number of aromatic amines is 1. The molecule has 0 aliphatic heterocycles. The number of H-pyrrole nitrogens is 1. The second kappa shape index (κ2) is 4.79. The van der Waals surface area contributed by atoms with Gasteiger partial charge in [-0.25, -0.2) is 4.98 Å². The average Bonchev–Trinajstić information content (AvgIpc) is 2.52. The van der Waals surface area contributed by atoms with Crippen LogP contribution in [0, 0.1) is 0 Å². The minimum absolute atomic E-state index is 0.206. The SMILES string of the molecule is CC(C)c1cnc(CCCC(=O)O)[nH]1. The largest absolute Gasteiger partial charge is 0.481 e. The van der Waals surface area contributed by atoms with Crippen molar-refractivity contribution < 1.29 is 9.90 Å². The molecule has 0 amide bonds. The molecule has 0 radical (unpaired) electrons. The molecule has 0 saturated heterocycles. The molecule has 14 heavy (non-hydrogen) atoms. The summed E-state index contributed by atoms with van der Waals surface area (Å²) >= 11 is 0. The lowest BCUT2D eigenvalue weighted by Crippen LogP contribution is -1.97. The van der Waals surface area contributed by atoms with Crippen molar-refractivity contribution in [3.8, 4) is 0 Å². The minimum atomic E-state index is -0.749. The van der Waals surface area contributed by atoms with Crippen LogP contribution in [0.25, 0.3) is 0 Å². The quantitative estimate of drug-likeness (QED) is 0.756. The predicted octanol–water partition coefficient (Wildman–Crippen LogP) is 1.94. The third kappa shape index (κ3) is 3.20. The minimum Gasteiger partial charge on any atom is -0.481 e. The highest BCUT2D eigenvalue weighted by Gasteiger charge is 2.04. The van der Waals surface area contributed by atoms with Gasteiger partial charge in [0.15, 0.2) is 0 Å². The van der Waals surface area contributed by atoms with E-state index in [1.165, 1.54) is 0 Å². The molecule has 0 atom stereocenters. The number of hydrogen-bond donors (Lipinski definition) is 2. The van der Waals surface area contributed by atoms with Crippen LogP contribution >= 0.6 is 0 Å². The molecule has 0 aliphatic rings. The lowest BCUT2D eigenvalue weighted by molar-refractivity contribution is -0.137. The zero-order valence-corrected chi connectivity index (χ0v) is 8.58. The van der Waals surface area contributed by atoms with E-state index in [1.807, 2.05) is 6.20 Å². The van der Waals surface area contributed by atoms with Crippen LogP contribution in [0.3, 0.4) is 0 Å². The fourth-order valence-corrected chi connectivity index (χ4v) is 1.21. The van der Waals surface area contributed by atoms with Crippen LogP contribution in [0.4, 0.5) is 0 Å². The van der Waals surface area contributed by atoms with Crippen molar-refractivity contribution in [3.63, 3.8) is 0 Å². The van der Waals surface area contributed by atoms with E-state index in [0.717, 1.165) is 11.5 Å². The second-order valence-electron chi connectivity index (χ2n) is 3.69. The Labute approximate surface area is 83.4 Å². The zero-order chi connectivity index (χ0) is 10.6. The van der Waals surface area contributed by atoms with Gasteiger partial charge in [0, 0.05) is 24.7 Å². The van der Waals surface area contributed by atoms with Gasteiger partial charge < -0.3 is 10.1 Å². The number of aromatic nitrogens is 2. The second-order valence-corrected chi connectivity index (χ2v) is 3.69. The van der Waals surface area contributed by atoms with Crippen LogP contribution in [0.15, 0.2) is 6.20 Å². The number of imidazole rings is 1. The Hall–Kier alpha value is -1.32. The molecule has 0 aliphatic carbocycles. The highest BCUT2D eigenvalue weighted by atomic mass is 16.4. The van der Waals surface area contributed by atoms with Crippen molar-refractivity contribution in [1.82, 2.24) is 9.97 Å². The Morgan fingerprint density at radius 3 is 2.86 bits per heavy atom. The highest BCUT2D eigenvalue weighted by Crippen LogP contribution is 2.11. The monoisotopic (exact) mass is 196 g/mol. The van der Waals surface area contributed by atoms with E-state index in [1.54, 1.807) is 0 Å². The summed E-state index contributed by atoms with van der Waals surface area (Å²) in [5.41, 5.74) is 1.11. The van der Waals surface area contributed by atoms with Crippen molar-refractivity contribution in [2.24, 2.45) is 0 Å². The van der Waals surface area contributed by atoms with Gasteiger partial charge in [0.25, 0.3) is 0 Å². The number of carboxylic acids is 1. The van der Waals surface area contributed by atoms with E-state index in [-0.39, 0.29) is 6.42 Å². The van der Waals surface area contributed by atoms with Crippen LogP contribution in [0.1, 0.15) is 44.1 Å². The van der Waals surface area contributed by atoms with Crippen LogP contribution in [0.2, 0.25) is 0 Å². The number of nitrogens with zero attached hydrogens (tertiary/aromatic N) is 1. The molecule has 1 aromatic heterocycles. The average molecular weight is 196 g/mol. The Bertz CT molecular complexity index is 305. The van der Waals surface area contributed by atoms with Gasteiger partial charge in [-0.05, 0) is 12.3 Å². The van der Waals surface area contributed by atoms with Gasteiger partial charge in [0.05, 0.1) is 0 Å². The van der Waals surface area contributed by atoms with Crippen molar-refractivity contribution in [3.05, 3.63) is 17.7 Å². The molecule has 0 spiro atoms. The molecule has 1 aromatic rings. The molecular weight excluding hydrogens is 180 g/mol. The number of aryl methyl sites for hydroxylation is 1. The summed E-state index contributed by atoms with van der Waals surface area (Å²) in [6, 6.07) is 0. The summed E-state index contributed by atoms with van der Waals surface area (Å²) in [4.78, 5) is 17.6. The summed E-state index contributed by atoms with van der Waals surface area (Å²) in [6.45, 7) is 4.18. The third-order valence-corrected chi connectivity index (χ3v) is 2.07. The number of carbonyl (C=O) groups is 1. The molecule has 0 unspecified atom stereocenters. The van der Waals surface area contributed by atoms with E-state index >= 15 is 0 Å². The van der Waals surface area contributed by atoms with Gasteiger partial charge in [0.1, 0.15) is 5.82 Å². The van der Waals surface area contributed by atoms with Gasteiger partial charge in [-0.3, -0.25) is 4.79 Å².